The Hall–Kier alpha value is -3.60. The largest absolute Gasteiger partial charge is 0.489 e. The van der Waals surface area contributed by atoms with E-state index >= 15 is 0 Å². The smallest absolute Gasteiger partial charge is 0.162 e. The van der Waals surface area contributed by atoms with E-state index in [1.807, 2.05) is 61.6 Å². The molecule has 132 valence electrons. The number of aromatic nitrogens is 4. The quantitative estimate of drug-likeness (QED) is 0.509. The standard InChI is InChI=1S/C22H18N4O/c1-26-20-10-6-5-9-18(20)23-22(26)21-17-12-11-16(13-19(17)24-25-21)27-14-15-7-3-2-4-8-15/h2-13H,14H2,1H3,(H,24,25). The predicted molar refractivity (Wildman–Crippen MR) is 107 cm³/mol. The maximum absolute atomic E-state index is 5.92. The molecule has 0 bridgehead atoms. The average molecular weight is 354 g/mol. The van der Waals surface area contributed by atoms with Gasteiger partial charge in [-0.05, 0) is 29.8 Å². The van der Waals surface area contributed by atoms with Gasteiger partial charge in [0.05, 0.1) is 16.6 Å². The minimum Gasteiger partial charge on any atom is -0.489 e. The van der Waals surface area contributed by atoms with Crippen LogP contribution in [0.4, 0.5) is 0 Å². The number of aromatic amines is 1. The van der Waals surface area contributed by atoms with Gasteiger partial charge in [-0.2, -0.15) is 5.10 Å². The minimum absolute atomic E-state index is 0.540. The van der Waals surface area contributed by atoms with E-state index < -0.39 is 0 Å². The predicted octanol–water partition coefficient (Wildman–Crippen LogP) is 4.70. The Balaban J connectivity index is 1.49. The number of nitrogens with zero attached hydrogens (tertiary/aromatic N) is 3. The van der Waals surface area contributed by atoms with E-state index in [2.05, 4.69) is 33.0 Å². The summed E-state index contributed by atoms with van der Waals surface area (Å²) >= 11 is 0. The molecule has 0 saturated carbocycles. The van der Waals surface area contributed by atoms with Crippen LogP contribution in [0.25, 0.3) is 33.5 Å². The number of nitrogens with one attached hydrogen (secondary N) is 1. The van der Waals surface area contributed by atoms with Crippen molar-refractivity contribution in [1.82, 2.24) is 19.7 Å². The lowest BCUT2D eigenvalue weighted by atomic mass is 10.2. The lowest BCUT2D eigenvalue weighted by molar-refractivity contribution is 0.306. The van der Waals surface area contributed by atoms with Crippen molar-refractivity contribution in [2.75, 3.05) is 0 Å². The molecule has 5 heteroatoms. The van der Waals surface area contributed by atoms with Gasteiger partial charge >= 0.3 is 0 Å². The van der Waals surface area contributed by atoms with Crippen LogP contribution in [0.5, 0.6) is 5.75 Å². The first-order valence-electron chi connectivity index (χ1n) is 8.86. The summed E-state index contributed by atoms with van der Waals surface area (Å²) in [7, 11) is 2.02. The molecule has 0 radical (unpaired) electrons. The van der Waals surface area contributed by atoms with Crippen LogP contribution >= 0.6 is 0 Å². The Labute approximate surface area is 156 Å². The van der Waals surface area contributed by atoms with Crippen LogP contribution in [0.15, 0.2) is 72.8 Å². The fourth-order valence-electron chi connectivity index (χ4n) is 3.36. The molecule has 0 atom stereocenters. The number of hydrogen-bond donors (Lipinski definition) is 1. The second-order valence-corrected chi connectivity index (χ2v) is 6.54. The number of ether oxygens (including phenoxy) is 1. The van der Waals surface area contributed by atoms with Crippen molar-refractivity contribution in [2.45, 2.75) is 6.61 Å². The summed E-state index contributed by atoms with van der Waals surface area (Å²) in [4.78, 5) is 4.75. The monoisotopic (exact) mass is 354 g/mol. The molecule has 0 unspecified atom stereocenters. The molecule has 1 N–H and O–H groups in total. The third-order valence-corrected chi connectivity index (χ3v) is 4.78. The van der Waals surface area contributed by atoms with Crippen LogP contribution in [0, 0.1) is 0 Å². The molecule has 0 saturated heterocycles. The molecule has 3 aromatic carbocycles. The number of imidazole rings is 1. The van der Waals surface area contributed by atoms with Crippen molar-refractivity contribution in [1.29, 1.82) is 0 Å². The van der Waals surface area contributed by atoms with Gasteiger partial charge in [-0.1, -0.05) is 42.5 Å². The summed E-state index contributed by atoms with van der Waals surface area (Å²) in [6, 6.07) is 24.2. The van der Waals surface area contributed by atoms with Crippen molar-refractivity contribution >= 4 is 21.9 Å². The molecule has 0 fully saturated rings. The van der Waals surface area contributed by atoms with Crippen molar-refractivity contribution in [3.8, 4) is 17.3 Å². The van der Waals surface area contributed by atoms with E-state index in [9.17, 15) is 0 Å². The molecule has 0 aliphatic rings. The molecule has 0 amide bonds. The number of fused-ring (bicyclic) bond motifs is 2. The summed E-state index contributed by atoms with van der Waals surface area (Å²) in [5, 5.41) is 8.66. The first kappa shape index (κ1) is 15.6. The summed E-state index contributed by atoms with van der Waals surface area (Å²) in [6.07, 6.45) is 0. The summed E-state index contributed by atoms with van der Waals surface area (Å²) < 4.78 is 7.99. The fraction of sp³-hybridized carbons (Fsp3) is 0.0909. The molecular weight excluding hydrogens is 336 g/mol. The van der Waals surface area contributed by atoms with Crippen molar-refractivity contribution in [3.63, 3.8) is 0 Å². The first-order chi connectivity index (χ1) is 13.3. The van der Waals surface area contributed by atoms with E-state index in [0.29, 0.717) is 6.61 Å². The topological polar surface area (TPSA) is 55.7 Å². The Morgan fingerprint density at radius 3 is 2.63 bits per heavy atom. The highest BCUT2D eigenvalue weighted by atomic mass is 16.5. The second kappa shape index (κ2) is 6.29. The van der Waals surface area contributed by atoms with Gasteiger partial charge in [0, 0.05) is 18.5 Å². The number of hydrogen-bond acceptors (Lipinski definition) is 3. The number of rotatable bonds is 4. The van der Waals surface area contributed by atoms with Crippen LogP contribution in [0.1, 0.15) is 5.56 Å². The van der Waals surface area contributed by atoms with Crippen molar-refractivity contribution in [3.05, 3.63) is 78.4 Å². The molecule has 5 nitrogen and oxygen atoms in total. The normalized spacial score (nSPS) is 11.3. The molecule has 0 aliphatic carbocycles. The van der Waals surface area contributed by atoms with Gasteiger partial charge in [0.1, 0.15) is 18.1 Å². The molecule has 0 spiro atoms. The van der Waals surface area contributed by atoms with Crippen LogP contribution in [0.2, 0.25) is 0 Å². The van der Waals surface area contributed by atoms with Crippen LogP contribution in [-0.2, 0) is 13.7 Å². The van der Waals surface area contributed by atoms with Gasteiger partial charge in [0.2, 0.25) is 0 Å². The number of para-hydroxylation sites is 2. The second-order valence-electron chi connectivity index (χ2n) is 6.54. The van der Waals surface area contributed by atoms with E-state index in [-0.39, 0.29) is 0 Å². The third-order valence-electron chi connectivity index (χ3n) is 4.78. The van der Waals surface area contributed by atoms with Crippen LogP contribution < -0.4 is 4.74 Å². The summed E-state index contributed by atoms with van der Waals surface area (Å²) in [5.41, 5.74) is 4.98. The van der Waals surface area contributed by atoms with E-state index in [1.54, 1.807) is 0 Å². The third kappa shape index (κ3) is 2.73. The number of H-pyrrole nitrogens is 1. The van der Waals surface area contributed by atoms with Gasteiger partial charge in [0.15, 0.2) is 5.82 Å². The maximum Gasteiger partial charge on any atom is 0.162 e. The first-order valence-corrected chi connectivity index (χ1v) is 8.86. The molecule has 5 rings (SSSR count). The molecular formula is C22H18N4O. The van der Waals surface area contributed by atoms with Gasteiger partial charge in [-0.3, -0.25) is 5.10 Å². The average Bonchev–Trinajstić information content (AvgIpc) is 3.28. The van der Waals surface area contributed by atoms with E-state index in [4.69, 9.17) is 9.72 Å². The molecule has 2 heterocycles. The lowest BCUT2D eigenvalue weighted by Gasteiger charge is -2.06. The SMILES string of the molecule is Cn1c(-c2n[nH]c3cc(OCc4ccccc4)ccc23)nc2ccccc21. The number of aryl methyl sites for hydroxylation is 1. The Bertz CT molecular complexity index is 1240. The number of benzene rings is 3. The zero-order valence-corrected chi connectivity index (χ0v) is 14.9. The van der Waals surface area contributed by atoms with Gasteiger partial charge in [-0.15, -0.1) is 0 Å². The Morgan fingerprint density at radius 2 is 1.78 bits per heavy atom. The lowest BCUT2D eigenvalue weighted by Crippen LogP contribution is -1.95. The molecule has 27 heavy (non-hydrogen) atoms. The fourth-order valence-corrected chi connectivity index (χ4v) is 3.36. The highest BCUT2D eigenvalue weighted by molar-refractivity contribution is 5.94. The maximum atomic E-state index is 5.92. The molecule has 2 aromatic heterocycles. The molecule has 0 aliphatic heterocycles. The van der Waals surface area contributed by atoms with Crippen LogP contribution in [-0.4, -0.2) is 19.7 Å². The molecule has 5 aromatic rings. The summed E-state index contributed by atoms with van der Waals surface area (Å²) in [6.45, 7) is 0.540. The van der Waals surface area contributed by atoms with E-state index in [1.165, 1.54) is 0 Å². The zero-order valence-electron chi connectivity index (χ0n) is 14.9. The highest BCUT2D eigenvalue weighted by Crippen LogP contribution is 2.30. The van der Waals surface area contributed by atoms with Gasteiger partial charge < -0.3 is 9.30 Å². The van der Waals surface area contributed by atoms with Gasteiger partial charge in [-0.25, -0.2) is 4.98 Å². The minimum atomic E-state index is 0.540. The van der Waals surface area contributed by atoms with Gasteiger partial charge in [0.25, 0.3) is 0 Å². The van der Waals surface area contributed by atoms with Crippen molar-refractivity contribution in [2.24, 2.45) is 7.05 Å². The Kier molecular flexibility index (Phi) is 3.64. The summed E-state index contributed by atoms with van der Waals surface area (Å²) in [5.74, 6) is 1.66. The zero-order chi connectivity index (χ0) is 18.2. The Morgan fingerprint density at radius 1 is 0.963 bits per heavy atom. The highest BCUT2D eigenvalue weighted by Gasteiger charge is 2.15. The van der Waals surface area contributed by atoms with Crippen molar-refractivity contribution < 1.29 is 4.74 Å². The van der Waals surface area contributed by atoms with Crippen LogP contribution in [0.3, 0.4) is 0 Å². The van der Waals surface area contributed by atoms with E-state index in [0.717, 1.165) is 44.8 Å².